The average Bonchev–Trinajstić information content (AvgIpc) is 2.47. The van der Waals surface area contributed by atoms with Gasteiger partial charge in [-0.3, -0.25) is 0 Å². The van der Waals surface area contributed by atoms with E-state index in [4.69, 9.17) is 15.7 Å². The molecule has 0 heterocycles. The van der Waals surface area contributed by atoms with Crippen molar-refractivity contribution in [2.45, 2.75) is 13.2 Å². The lowest BCUT2D eigenvalue weighted by atomic mass is 10.1. The Morgan fingerprint density at radius 3 is 2.70 bits per heavy atom. The maximum Gasteiger partial charge on any atom is 0.129 e. The fraction of sp³-hybridized carbons (Fsp3) is 0.133. The largest absolute Gasteiger partial charge is 0.489 e. The van der Waals surface area contributed by atoms with Crippen molar-refractivity contribution in [3.63, 3.8) is 0 Å². The van der Waals surface area contributed by atoms with E-state index >= 15 is 0 Å². The topological polar surface area (TPSA) is 59.0 Å². The van der Waals surface area contributed by atoms with Crippen LogP contribution < -0.4 is 10.5 Å². The molecule has 2 N–H and O–H groups in total. The van der Waals surface area contributed by atoms with Crippen LogP contribution in [0.15, 0.2) is 40.9 Å². The van der Waals surface area contributed by atoms with Crippen LogP contribution in [0.1, 0.15) is 16.7 Å². The zero-order valence-electron chi connectivity index (χ0n) is 10.6. The molecule has 20 heavy (non-hydrogen) atoms. The third-order valence-corrected chi connectivity index (χ3v) is 3.58. The molecule has 2 aromatic rings. The van der Waals surface area contributed by atoms with Crippen molar-refractivity contribution in [2.24, 2.45) is 5.73 Å². The summed E-state index contributed by atoms with van der Waals surface area (Å²) in [4.78, 5) is 0. The summed E-state index contributed by atoms with van der Waals surface area (Å²) in [5.41, 5.74) is 7.27. The molecular formula is C15H12BrFN2O. The summed E-state index contributed by atoms with van der Waals surface area (Å²) in [6.45, 7) is 0.447. The number of rotatable bonds is 4. The number of nitrogens with zero attached hydrogens (tertiary/aromatic N) is 1. The Labute approximate surface area is 124 Å². The van der Waals surface area contributed by atoms with Crippen molar-refractivity contribution in [2.75, 3.05) is 0 Å². The van der Waals surface area contributed by atoms with E-state index in [1.54, 1.807) is 12.1 Å². The second-order valence-corrected chi connectivity index (χ2v) is 5.02. The van der Waals surface area contributed by atoms with Crippen LogP contribution >= 0.6 is 15.9 Å². The van der Waals surface area contributed by atoms with E-state index < -0.39 is 0 Å². The lowest BCUT2D eigenvalue weighted by Gasteiger charge is -2.09. The molecule has 0 atom stereocenters. The highest BCUT2D eigenvalue weighted by atomic mass is 79.9. The maximum absolute atomic E-state index is 13.6. The van der Waals surface area contributed by atoms with Gasteiger partial charge >= 0.3 is 0 Å². The smallest absolute Gasteiger partial charge is 0.129 e. The van der Waals surface area contributed by atoms with Crippen LogP contribution in [0.25, 0.3) is 0 Å². The van der Waals surface area contributed by atoms with Gasteiger partial charge in [-0.15, -0.1) is 0 Å². The van der Waals surface area contributed by atoms with Gasteiger partial charge in [0.1, 0.15) is 18.2 Å². The monoisotopic (exact) mass is 334 g/mol. The molecule has 2 aromatic carbocycles. The lowest BCUT2D eigenvalue weighted by Crippen LogP contribution is -2.01. The molecular weight excluding hydrogens is 323 g/mol. The lowest BCUT2D eigenvalue weighted by molar-refractivity contribution is 0.299. The van der Waals surface area contributed by atoms with Crippen molar-refractivity contribution < 1.29 is 9.13 Å². The number of nitrogens with two attached hydrogens (primary N) is 1. The summed E-state index contributed by atoms with van der Waals surface area (Å²) in [6, 6.07) is 11.6. The van der Waals surface area contributed by atoms with Gasteiger partial charge in [-0.1, -0.05) is 15.9 Å². The van der Waals surface area contributed by atoms with Crippen LogP contribution in [0.4, 0.5) is 4.39 Å². The molecule has 0 aliphatic heterocycles. The Bertz CT molecular complexity index is 667. The molecule has 0 aliphatic rings. The quantitative estimate of drug-likeness (QED) is 0.930. The number of hydrogen-bond donors (Lipinski definition) is 1. The van der Waals surface area contributed by atoms with E-state index in [0.29, 0.717) is 23.4 Å². The van der Waals surface area contributed by atoms with Crippen LogP contribution in [0.2, 0.25) is 0 Å². The van der Waals surface area contributed by atoms with E-state index in [9.17, 15) is 4.39 Å². The van der Waals surface area contributed by atoms with Gasteiger partial charge < -0.3 is 10.5 Å². The zero-order chi connectivity index (χ0) is 14.5. The highest BCUT2D eigenvalue weighted by Crippen LogP contribution is 2.23. The van der Waals surface area contributed by atoms with Crippen LogP contribution in [-0.2, 0) is 13.2 Å². The summed E-state index contributed by atoms with van der Waals surface area (Å²) in [5, 5.41) is 8.80. The first-order valence-corrected chi connectivity index (χ1v) is 6.73. The first-order chi connectivity index (χ1) is 9.63. The molecule has 0 unspecified atom stereocenters. The Kier molecular flexibility index (Phi) is 4.72. The van der Waals surface area contributed by atoms with Gasteiger partial charge in [-0.25, -0.2) is 4.39 Å². The predicted octanol–water partition coefficient (Wildman–Crippen LogP) is 3.50. The number of halogens is 2. The first-order valence-electron chi connectivity index (χ1n) is 5.94. The molecule has 5 heteroatoms. The summed E-state index contributed by atoms with van der Waals surface area (Å²) in [6.07, 6.45) is 0. The third-order valence-electron chi connectivity index (χ3n) is 2.81. The molecule has 102 valence electrons. The SMILES string of the molecule is N#Cc1ccc(F)c(COc2ccc(Br)c(CN)c2)c1. The second-order valence-electron chi connectivity index (χ2n) is 4.16. The minimum Gasteiger partial charge on any atom is -0.489 e. The molecule has 0 bridgehead atoms. The minimum absolute atomic E-state index is 0.0625. The molecule has 0 aromatic heterocycles. The first kappa shape index (κ1) is 14.5. The summed E-state index contributed by atoms with van der Waals surface area (Å²) < 4.78 is 20.1. The van der Waals surface area contributed by atoms with Gasteiger partial charge in [-0.2, -0.15) is 5.26 Å². The molecule has 2 rings (SSSR count). The normalized spacial score (nSPS) is 10.1. The van der Waals surface area contributed by atoms with Crippen molar-refractivity contribution in [3.05, 3.63) is 63.4 Å². The highest BCUT2D eigenvalue weighted by molar-refractivity contribution is 9.10. The van der Waals surface area contributed by atoms with Gasteiger partial charge in [-0.05, 0) is 42.0 Å². The Morgan fingerprint density at radius 2 is 2.00 bits per heavy atom. The number of hydrogen-bond acceptors (Lipinski definition) is 3. The molecule has 3 nitrogen and oxygen atoms in total. The van der Waals surface area contributed by atoms with E-state index in [2.05, 4.69) is 15.9 Å². The molecule has 0 saturated heterocycles. The Morgan fingerprint density at radius 1 is 1.20 bits per heavy atom. The molecule has 0 spiro atoms. The molecule has 0 fully saturated rings. The fourth-order valence-corrected chi connectivity index (χ4v) is 2.12. The fourth-order valence-electron chi connectivity index (χ4n) is 1.71. The Balaban J connectivity index is 2.15. The molecule has 0 aliphatic carbocycles. The van der Waals surface area contributed by atoms with Crippen LogP contribution in [-0.4, -0.2) is 0 Å². The number of benzene rings is 2. The van der Waals surface area contributed by atoms with E-state index in [1.807, 2.05) is 12.1 Å². The average molecular weight is 335 g/mol. The van der Waals surface area contributed by atoms with Crippen molar-refractivity contribution >= 4 is 15.9 Å². The van der Waals surface area contributed by atoms with E-state index in [0.717, 1.165) is 10.0 Å². The predicted molar refractivity (Wildman–Crippen MR) is 77.5 cm³/mol. The van der Waals surface area contributed by atoms with Crippen LogP contribution in [0, 0.1) is 17.1 Å². The van der Waals surface area contributed by atoms with E-state index in [1.165, 1.54) is 18.2 Å². The number of ether oxygens (including phenoxy) is 1. The second kappa shape index (κ2) is 6.51. The molecule has 0 radical (unpaired) electrons. The van der Waals surface area contributed by atoms with Gasteiger partial charge in [0.15, 0.2) is 0 Å². The summed E-state index contributed by atoms with van der Waals surface area (Å²) in [7, 11) is 0. The van der Waals surface area contributed by atoms with Gasteiger partial charge in [0, 0.05) is 16.6 Å². The molecule has 0 saturated carbocycles. The van der Waals surface area contributed by atoms with Gasteiger partial charge in [0.25, 0.3) is 0 Å². The Hall–Kier alpha value is -1.90. The zero-order valence-corrected chi connectivity index (χ0v) is 12.2. The van der Waals surface area contributed by atoms with Crippen molar-refractivity contribution in [1.82, 2.24) is 0 Å². The van der Waals surface area contributed by atoms with Crippen molar-refractivity contribution in [3.8, 4) is 11.8 Å². The summed E-state index contributed by atoms with van der Waals surface area (Å²) >= 11 is 3.39. The molecule has 0 amide bonds. The van der Waals surface area contributed by atoms with Crippen molar-refractivity contribution in [1.29, 1.82) is 5.26 Å². The standard InChI is InChI=1S/C15H12BrFN2O/c16-14-3-2-13(6-11(14)8-19)20-9-12-5-10(7-18)1-4-15(12)17/h1-6H,8-9,19H2. The highest BCUT2D eigenvalue weighted by Gasteiger charge is 2.06. The summed E-state index contributed by atoms with van der Waals surface area (Å²) in [5.74, 6) is 0.218. The maximum atomic E-state index is 13.6. The minimum atomic E-state index is -0.389. The third kappa shape index (κ3) is 3.35. The van der Waals surface area contributed by atoms with Crippen LogP contribution in [0.3, 0.4) is 0 Å². The van der Waals surface area contributed by atoms with Crippen LogP contribution in [0.5, 0.6) is 5.75 Å². The number of nitriles is 1. The van der Waals surface area contributed by atoms with Gasteiger partial charge in [0.05, 0.1) is 11.6 Å². The van der Waals surface area contributed by atoms with Gasteiger partial charge in [0.2, 0.25) is 0 Å². The van der Waals surface area contributed by atoms with E-state index in [-0.39, 0.29) is 12.4 Å².